The summed E-state index contributed by atoms with van der Waals surface area (Å²) in [6.45, 7) is 2.28. The van der Waals surface area contributed by atoms with Gasteiger partial charge in [-0.15, -0.1) is 11.3 Å². The third-order valence-electron chi connectivity index (χ3n) is 4.19. The lowest BCUT2D eigenvalue weighted by molar-refractivity contribution is -0.137. The number of hydrogen-bond acceptors (Lipinski definition) is 4. The SMILES string of the molecule is O=S(=O)(c1cccc(C(F)(F)F)c1)N1CCN(Cc2sccc2Br)CC1. The predicted octanol–water partition coefficient (Wildman–Crippen LogP) is 4.04. The van der Waals surface area contributed by atoms with E-state index in [2.05, 4.69) is 20.8 Å². The van der Waals surface area contributed by atoms with E-state index in [1.165, 1.54) is 15.2 Å². The van der Waals surface area contributed by atoms with Gasteiger partial charge >= 0.3 is 6.18 Å². The number of nitrogens with zero attached hydrogens (tertiary/aromatic N) is 2. The molecule has 0 saturated carbocycles. The topological polar surface area (TPSA) is 40.6 Å². The summed E-state index contributed by atoms with van der Waals surface area (Å²) in [7, 11) is -3.94. The van der Waals surface area contributed by atoms with Gasteiger partial charge in [-0.25, -0.2) is 8.42 Å². The maximum atomic E-state index is 12.8. The molecule has 1 aromatic carbocycles. The van der Waals surface area contributed by atoms with E-state index in [9.17, 15) is 21.6 Å². The predicted molar refractivity (Wildman–Crippen MR) is 97.5 cm³/mol. The first-order valence-corrected chi connectivity index (χ1v) is 10.9. The summed E-state index contributed by atoms with van der Waals surface area (Å²) in [5.41, 5.74) is -0.959. The number of rotatable bonds is 4. The van der Waals surface area contributed by atoms with Crippen molar-refractivity contribution < 1.29 is 21.6 Å². The van der Waals surface area contributed by atoms with Crippen LogP contribution in [0.1, 0.15) is 10.4 Å². The fourth-order valence-corrected chi connectivity index (χ4v) is 5.74. The summed E-state index contributed by atoms with van der Waals surface area (Å²) in [6.07, 6.45) is -4.57. The van der Waals surface area contributed by atoms with Gasteiger partial charge in [-0.2, -0.15) is 17.5 Å². The van der Waals surface area contributed by atoms with Gasteiger partial charge in [-0.05, 0) is 45.6 Å². The zero-order chi connectivity index (χ0) is 18.9. The van der Waals surface area contributed by atoms with Crippen LogP contribution in [0.15, 0.2) is 45.1 Å². The fourth-order valence-electron chi connectivity index (χ4n) is 2.75. The van der Waals surface area contributed by atoms with E-state index in [0.717, 1.165) is 23.2 Å². The van der Waals surface area contributed by atoms with Gasteiger partial charge in [-0.1, -0.05) is 6.07 Å². The Morgan fingerprint density at radius 3 is 2.38 bits per heavy atom. The average molecular weight is 469 g/mol. The van der Waals surface area contributed by atoms with Crippen LogP contribution >= 0.6 is 27.3 Å². The molecule has 142 valence electrons. The Morgan fingerprint density at radius 2 is 1.81 bits per heavy atom. The van der Waals surface area contributed by atoms with Crippen LogP contribution < -0.4 is 0 Å². The van der Waals surface area contributed by atoms with Crippen LogP contribution in [0.5, 0.6) is 0 Å². The molecule has 2 heterocycles. The Hall–Kier alpha value is -0.940. The molecule has 0 spiro atoms. The van der Waals surface area contributed by atoms with Gasteiger partial charge in [0.25, 0.3) is 0 Å². The Balaban J connectivity index is 1.69. The zero-order valence-corrected chi connectivity index (χ0v) is 16.8. The molecule has 1 saturated heterocycles. The molecular weight excluding hydrogens is 453 g/mol. The molecule has 0 amide bonds. The van der Waals surface area contributed by atoms with Crippen LogP contribution in [-0.4, -0.2) is 43.8 Å². The van der Waals surface area contributed by atoms with Crippen molar-refractivity contribution in [1.29, 1.82) is 0 Å². The molecule has 0 bridgehead atoms. The van der Waals surface area contributed by atoms with Gasteiger partial charge < -0.3 is 0 Å². The highest BCUT2D eigenvalue weighted by molar-refractivity contribution is 9.10. The summed E-state index contributed by atoms with van der Waals surface area (Å²) >= 11 is 5.10. The largest absolute Gasteiger partial charge is 0.416 e. The van der Waals surface area contributed by atoms with Crippen molar-refractivity contribution in [3.8, 4) is 0 Å². The molecular formula is C16H16BrF3N2O2S2. The van der Waals surface area contributed by atoms with Crippen LogP contribution in [0.3, 0.4) is 0 Å². The van der Waals surface area contributed by atoms with Gasteiger partial charge in [0.15, 0.2) is 0 Å². The lowest BCUT2D eigenvalue weighted by Crippen LogP contribution is -2.48. The van der Waals surface area contributed by atoms with Crippen molar-refractivity contribution in [2.75, 3.05) is 26.2 Å². The molecule has 0 aliphatic carbocycles. The molecule has 0 unspecified atom stereocenters. The number of halogens is 4. The van der Waals surface area contributed by atoms with E-state index in [-0.39, 0.29) is 18.0 Å². The first-order valence-electron chi connectivity index (χ1n) is 7.79. The molecule has 4 nitrogen and oxygen atoms in total. The van der Waals surface area contributed by atoms with Crippen LogP contribution in [0, 0.1) is 0 Å². The minimum atomic E-state index is -4.57. The summed E-state index contributed by atoms with van der Waals surface area (Å²) in [4.78, 5) is 2.98. The third-order valence-corrected chi connectivity index (χ3v) is 7.99. The van der Waals surface area contributed by atoms with Crippen molar-refractivity contribution in [1.82, 2.24) is 9.21 Å². The van der Waals surface area contributed by atoms with E-state index in [0.29, 0.717) is 19.2 Å². The summed E-state index contributed by atoms with van der Waals surface area (Å²) < 4.78 is 66.2. The van der Waals surface area contributed by atoms with E-state index < -0.39 is 21.8 Å². The molecule has 1 aromatic heterocycles. The molecule has 1 fully saturated rings. The lowest BCUT2D eigenvalue weighted by atomic mass is 10.2. The number of piperazine rings is 1. The number of hydrogen-bond donors (Lipinski definition) is 0. The Labute approximate surface area is 162 Å². The highest BCUT2D eigenvalue weighted by Crippen LogP contribution is 2.31. The van der Waals surface area contributed by atoms with E-state index in [1.54, 1.807) is 11.3 Å². The highest BCUT2D eigenvalue weighted by atomic mass is 79.9. The zero-order valence-electron chi connectivity index (χ0n) is 13.5. The molecule has 1 aliphatic rings. The van der Waals surface area contributed by atoms with Crippen LogP contribution in [0.25, 0.3) is 0 Å². The average Bonchev–Trinajstić information content (AvgIpc) is 3.00. The van der Waals surface area contributed by atoms with Crippen molar-refractivity contribution in [2.24, 2.45) is 0 Å². The molecule has 1 aliphatic heterocycles. The van der Waals surface area contributed by atoms with Gasteiger partial charge in [0.05, 0.1) is 10.5 Å². The summed E-state index contributed by atoms with van der Waals surface area (Å²) in [6, 6.07) is 5.87. The van der Waals surface area contributed by atoms with Crippen molar-refractivity contribution >= 4 is 37.3 Å². The minimum Gasteiger partial charge on any atom is -0.296 e. The second kappa shape index (κ2) is 7.59. The normalized spacial score (nSPS) is 17.5. The highest BCUT2D eigenvalue weighted by Gasteiger charge is 2.34. The summed E-state index contributed by atoms with van der Waals surface area (Å²) in [5.74, 6) is 0. The molecule has 26 heavy (non-hydrogen) atoms. The van der Waals surface area contributed by atoms with Crippen molar-refractivity contribution in [3.63, 3.8) is 0 Å². The summed E-state index contributed by atoms with van der Waals surface area (Å²) in [5, 5.41) is 1.98. The van der Waals surface area contributed by atoms with Gasteiger partial charge in [0.2, 0.25) is 10.0 Å². The Bertz CT molecular complexity index is 876. The number of sulfonamides is 1. The molecule has 0 atom stereocenters. The molecule has 3 rings (SSSR count). The van der Waals surface area contributed by atoms with E-state index >= 15 is 0 Å². The van der Waals surface area contributed by atoms with Gasteiger partial charge in [0, 0.05) is 42.1 Å². The Morgan fingerprint density at radius 1 is 1.12 bits per heavy atom. The quantitative estimate of drug-likeness (QED) is 0.679. The van der Waals surface area contributed by atoms with Crippen molar-refractivity contribution in [2.45, 2.75) is 17.6 Å². The molecule has 10 heteroatoms. The monoisotopic (exact) mass is 468 g/mol. The second-order valence-corrected chi connectivity index (χ2v) is 9.69. The first-order chi connectivity index (χ1) is 12.2. The van der Waals surface area contributed by atoms with Crippen LogP contribution in [0.2, 0.25) is 0 Å². The van der Waals surface area contributed by atoms with Gasteiger partial charge in [0.1, 0.15) is 0 Å². The maximum absolute atomic E-state index is 12.8. The molecule has 0 radical (unpaired) electrons. The van der Waals surface area contributed by atoms with Crippen LogP contribution in [-0.2, 0) is 22.7 Å². The van der Waals surface area contributed by atoms with E-state index in [1.807, 2.05) is 11.4 Å². The van der Waals surface area contributed by atoms with Crippen LogP contribution in [0.4, 0.5) is 13.2 Å². The first kappa shape index (κ1) is 19.8. The fraction of sp³-hybridized carbons (Fsp3) is 0.375. The lowest BCUT2D eigenvalue weighted by Gasteiger charge is -2.33. The molecule has 2 aromatic rings. The van der Waals surface area contributed by atoms with Gasteiger partial charge in [-0.3, -0.25) is 4.90 Å². The second-order valence-electron chi connectivity index (χ2n) is 5.90. The van der Waals surface area contributed by atoms with Crippen molar-refractivity contribution in [3.05, 3.63) is 50.6 Å². The standard InChI is InChI=1S/C16H16BrF3N2O2S2/c17-14-4-9-25-15(14)11-21-5-7-22(8-6-21)26(23,24)13-3-1-2-12(10-13)16(18,19)20/h1-4,9-10H,5-8,11H2. The number of benzene rings is 1. The smallest absolute Gasteiger partial charge is 0.296 e. The maximum Gasteiger partial charge on any atom is 0.416 e. The van der Waals surface area contributed by atoms with E-state index in [4.69, 9.17) is 0 Å². The third kappa shape index (κ3) is 4.30. The Kier molecular flexibility index (Phi) is 5.78. The number of thiophene rings is 1. The molecule has 0 N–H and O–H groups in total. The number of alkyl halides is 3. The minimum absolute atomic E-state index is 0.252.